The van der Waals surface area contributed by atoms with Crippen LogP contribution >= 0.6 is 23.4 Å². The van der Waals surface area contributed by atoms with Crippen molar-refractivity contribution in [2.45, 2.75) is 31.0 Å². The standard InChI is InChI=1S/C20H27ClN6S/c1-20(13-22)6-8-27(9-7-20)19-23-10-14(11-25(19)2)28-17-5-4-16-15(18(17)21)12-26(3)24-16/h4-5,10-12,19H,6-9,13,22H2,1-3H3. The fourth-order valence-corrected chi connectivity index (χ4v) is 5.06. The van der Waals surface area contributed by atoms with Gasteiger partial charge in [0.05, 0.1) is 10.5 Å². The Morgan fingerprint density at radius 2 is 2.04 bits per heavy atom. The first kappa shape index (κ1) is 19.8. The van der Waals surface area contributed by atoms with Crippen molar-refractivity contribution < 1.29 is 0 Å². The molecule has 0 bridgehead atoms. The summed E-state index contributed by atoms with van der Waals surface area (Å²) in [4.78, 5) is 11.5. The predicted octanol–water partition coefficient (Wildman–Crippen LogP) is 3.52. The average Bonchev–Trinajstić information content (AvgIpc) is 3.07. The molecule has 3 heterocycles. The van der Waals surface area contributed by atoms with Crippen LogP contribution in [0.2, 0.25) is 5.02 Å². The SMILES string of the molecule is CN1C=C(Sc2ccc3nn(C)cc3c2Cl)C=NC1N1CCC(C)(CN)CC1. The molecule has 1 saturated heterocycles. The number of aliphatic imine (C=N–C) groups is 1. The Morgan fingerprint density at radius 1 is 1.29 bits per heavy atom. The minimum absolute atomic E-state index is 0.0583. The summed E-state index contributed by atoms with van der Waals surface area (Å²) in [5.74, 6) is 0. The quantitative estimate of drug-likeness (QED) is 0.822. The summed E-state index contributed by atoms with van der Waals surface area (Å²) in [7, 11) is 4.00. The highest BCUT2D eigenvalue weighted by Crippen LogP contribution is 2.38. The molecule has 0 aliphatic carbocycles. The van der Waals surface area contributed by atoms with E-state index < -0.39 is 0 Å². The maximum Gasteiger partial charge on any atom is 0.178 e. The highest BCUT2D eigenvalue weighted by atomic mass is 35.5. The molecule has 0 amide bonds. The van der Waals surface area contributed by atoms with Crippen LogP contribution in [0.3, 0.4) is 0 Å². The topological polar surface area (TPSA) is 62.7 Å². The van der Waals surface area contributed by atoms with Crippen LogP contribution in [0, 0.1) is 5.41 Å². The van der Waals surface area contributed by atoms with Crippen molar-refractivity contribution in [3.8, 4) is 0 Å². The molecule has 1 aromatic heterocycles. The van der Waals surface area contributed by atoms with Crippen LogP contribution in [0.15, 0.2) is 39.3 Å². The normalized spacial score (nSPS) is 22.7. The molecule has 1 fully saturated rings. The zero-order valence-electron chi connectivity index (χ0n) is 16.6. The molecule has 2 aromatic rings. The molecular weight excluding hydrogens is 392 g/mol. The highest BCUT2D eigenvalue weighted by Gasteiger charge is 2.33. The van der Waals surface area contributed by atoms with Crippen molar-refractivity contribution in [1.82, 2.24) is 19.6 Å². The molecule has 1 aromatic carbocycles. The molecule has 0 spiro atoms. The van der Waals surface area contributed by atoms with Gasteiger partial charge in [-0.15, -0.1) is 0 Å². The number of thioether (sulfide) groups is 1. The van der Waals surface area contributed by atoms with Gasteiger partial charge in [0.15, 0.2) is 6.29 Å². The fourth-order valence-electron chi connectivity index (χ4n) is 3.81. The summed E-state index contributed by atoms with van der Waals surface area (Å²) in [6.07, 6.45) is 8.38. The first-order valence-corrected chi connectivity index (χ1v) is 10.8. The van der Waals surface area contributed by atoms with Crippen molar-refractivity contribution in [2.75, 3.05) is 26.7 Å². The number of nitrogens with zero attached hydrogens (tertiary/aromatic N) is 5. The van der Waals surface area contributed by atoms with Gasteiger partial charge in [0.2, 0.25) is 0 Å². The van der Waals surface area contributed by atoms with E-state index in [2.05, 4.69) is 35.1 Å². The molecule has 6 nitrogen and oxygen atoms in total. The summed E-state index contributed by atoms with van der Waals surface area (Å²) in [5, 5.41) is 6.13. The van der Waals surface area contributed by atoms with E-state index in [0.29, 0.717) is 0 Å². The Hall–Kier alpha value is -1.54. The fraction of sp³-hybridized carbons (Fsp3) is 0.500. The lowest BCUT2D eigenvalue weighted by Gasteiger charge is -2.43. The van der Waals surface area contributed by atoms with Gasteiger partial charge in [-0.1, -0.05) is 30.3 Å². The van der Waals surface area contributed by atoms with Crippen LogP contribution in [0.25, 0.3) is 10.9 Å². The summed E-state index contributed by atoms with van der Waals surface area (Å²) >= 11 is 8.26. The van der Waals surface area contributed by atoms with Gasteiger partial charge < -0.3 is 10.6 Å². The number of allylic oxidation sites excluding steroid dienone is 1. The van der Waals surface area contributed by atoms with Crippen molar-refractivity contribution in [1.29, 1.82) is 0 Å². The number of benzene rings is 1. The van der Waals surface area contributed by atoms with Gasteiger partial charge in [-0.2, -0.15) is 5.10 Å². The van der Waals surface area contributed by atoms with Crippen molar-refractivity contribution in [3.05, 3.63) is 34.5 Å². The van der Waals surface area contributed by atoms with Gasteiger partial charge in [-0.3, -0.25) is 14.6 Å². The Kier molecular flexibility index (Phi) is 5.44. The van der Waals surface area contributed by atoms with Crippen LogP contribution in [0.5, 0.6) is 0 Å². The second-order valence-corrected chi connectivity index (χ2v) is 9.58. The summed E-state index contributed by atoms with van der Waals surface area (Å²) < 4.78 is 1.79. The van der Waals surface area contributed by atoms with Gasteiger partial charge >= 0.3 is 0 Å². The van der Waals surface area contributed by atoms with Crippen LogP contribution in [-0.4, -0.2) is 58.8 Å². The number of aryl methyl sites for hydroxylation is 1. The maximum absolute atomic E-state index is 6.62. The Bertz CT molecular complexity index is 928. The van der Waals surface area contributed by atoms with Crippen LogP contribution < -0.4 is 5.73 Å². The second-order valence-electron chi connectivity index (χ2n) is 8.09. The Balaban J connectivity index is 1.45. The Labute approximate surface area is 175 Å². The van der Waals surface area contributed by atoms with E-state index >= 15 is 0 Å². The number of hydrogen-bond donors (Lipinski definition) is 1. The molecular formula is C20H27ClN6S. The summed E-state index contributed by atoms with van der Waals surface area (Å²) in [6, 6.07) is 4.04. The lowest BCUT2D eigenvalue weighted by molar-refractivity contribution is 0.0376. The molecule has 28 heavy (non-hydrogen) atoms. The molecule has 150 valence electrons. The predicted molar refractivity (Wildman–Crippen MR) is 118 cm³/mol. The number of piperidine rings is 1. The minimum Gasteiger partial charge on any atom is -0.346 e. The Morgan fingerprint density at radius 3 is 2.71 bits per heavy atom. The summed E-state index contributed by atoms with van der Waals surface area (Å²) in [5.41, 5.74) is 7.12. The van der Waals surface area contributed by atoms with E-state index in [-0.39, 0.29) is 11.7 Å². The molecule has 0 radical (unpaired) electrons. The van der Waals surface area contributed by atoms with E-state index in [4.69, 9.17) is 22.3 Å². The van der Waals surface area contributed by atoms with Crippen molar-refractivity contribution >= 4 is 40.5 Å². The zero-order chi connectivity index (χ0) is 19.9. The third-order valence-corrected chi connectivity index (χ3v) is 7.31. The van der Waals surface area contributed by atoms with E-state index in [1.165, 1.54) is 0 Å². The van der Waals surface area contributed by atoms with E-state index in [1.807, 2.05) is 31.6 Å². The number of halogens is 1. The van der Waals surface area contributed by atoms with Gasteiger partial charge in [-0.05, 0) is 36.9 Å². The maximum atomic E-state index is 6.62. The van der Waals surface area contributed by atoms with Crippen LogP contribution in [-0.2, 0) is 7.05 Å². The smallest absolute Gasteiger partial charge is 0.178 e. The minimum atomic E-state index is 0.0583. The zero-order valence-corrected chi connectivity index (χ0v) is 18.2. The van der Waals surface area contributed by atoms with E-state index in [9.17, 15) is 0 Å². The monoisotopic (exact) mass is 418 g/mol. The average molecular weight is 419 g/mol. The van der Waals surface area contributed by atoms with Gasteiger partial charge in [0, 0.05) is 61.0 Å². The number of fused-ring (bicyclic) bond motifs is 1. The van der Waals surface area contributed by atoms with Gasteiger partial charge in [-0.25, -0.2) is 0 Å². The van der Waals surface area contributed by atoms with E-state index in [1.54, 1.807) is 16.4 Å². The first-order valence-electron chi connectivity index (χ1n) is 9.59. The lowest BCUT2D eigenvalue weighted by Crippen LogP contribution is -2.51. The number of hydrogen-bond acceptors (Lipinski definition) is 6. The first-order chi connectivity index (χ1) is 13.4. The molecule has 4 rings (SSSR count). The molecule has 1 unspecified atom stereocenters. The molecule has 1 atom stereocenters. The largest absolute Gasteiger partial charge is 0.346 e. The second kappa shape index (κ2) is 7.71. The number of nitrogens with two attached hydrogens (primary N) is 1. The van der Waals surface area contributed by atoms with Crippen molar-refractivity contribution in [3.63, 3.8) is 0 Å². The molecule has 8 heteroatoms. The molecule has 2 aliphatic rings. The van der Waals surface area contributed by atoms with Gasteiger partial charge in [0.25, 0.3) is 0 Å². The number of rotatable bonds is 4. The van der Waals surface area contributed by atoms with Crippen LogP contribution in [0.4, 0.5) is 0 Å². The number of likely N-dealkylation sites (tertiary alicyclic amines) is 1. The van der Waals surface area contributed by atoms with E-state index in [0.717, 1.165) is 58.2 Å². The molecule has 2 N–H and O–H groups in total. The molecule has 2 aliphatic heterocycles. The molecule has 0 saturated carbocycles. The highest BCUT2D eigenvalue weighted by molar-refractivity contribution is 8.04. The third kappa shape index (κ3) is 3.81. The summed E-state index contributed by atoms with van der Waals surface area (Å²) in [6.45, 7) is 5.10. The van der Waals surface area contributed by atoms with Crippen LogP contribution in [0.1, 0.15) is 19.8 Å². The van der Waals surface area contributed by atoms with Gasteiger partial charge in [0.1, 0.15) is 0 Å². The third-order valence-electron chi connectivity index (χ3n) is 5.79. The van der Waals surface area contributed by atoms with Crippen molar-refractivity contribution in [2.24, 2.45) is 23.2 Å². The number of aromatic nitrogens is 2. The lowest BCUT2D eigenvalue weighted by atomic mass is 9.80.